The molecule has 0 saturated carbocycles. The van der Waals surface area contributed by atoms with Crippen LogP contribution in [0.5, 0.6) is 11.5 Å². The van der Waals surface area contributed by atoms with Crippen LogP contribution in [-0.2, 0) is 11.2 Å². The maximum atomic E-state index is 12.7. The number of hydrogen-bond donors (Lipinski definition) is 1. The molecular formula is C27H28N4O2. The fourth-order valence-corrected chi connectivity index (χ4v) is 4.29. The highest BCUT2D eigenvalue weighted by Crippen LogP contribution is 2.39. The van der Waals surface area contributed by atoms with Crippen molar-refractivity contribution in [1.82, 2.24) is 9.80 Å². The molecular weight excluding hydrogens is 412 g/mol. The van der Waals surface area contributed by atoms with Crippen LogP contribution in [0.2, 0.25) is 0 Å². The quantitative estimate of drug-likeness (QED) is 0.642. The number of carbonyl (C=O) groups is 1. The van der Waals surface area contributed by atoms with E-state index in [0.717, 1.165) is 72.4 Å². The highest BCUT2D eigenvalue weighted by molar-refractivity contribution is 6.05. The maximum absolute atomic E-state index is 12.7. The highest BCUT2D eigenvalue weighted by Gasteiger charge is 2.25. The van der Waals surface area contributed by atoms with Crippen LogP contribution in [0.3, 0.4) is 0 Å². The van der Waals surface area contributed by atoms with E-state index >= 15 is 0 Å². The van der Waals surface area contributed by atoms with E-state index in [4.69, 9.17) is 9.73 Å². The van der Waals surface area contributed by atoms with Crippen molar-refractivity contribution in [2.75, 3.05) is 38.5 Å². The van der Waals surface area contributed by atoms with Gasteiger partial charge in [-0.05, 0) is 55.9 Å². The summed E-state index contributed by atoms with van der Waals surface area (Å²) in [5, 5.41) is 3.05. The third-order valence-electron chi connectivity index (χ3n) is 6.04. The van der Waals surface area contributed by atoms with Crippen LogP contribution in [0.25, 0.3) is 0 Å². The average Bonchev–Trinajstić information content (AvgIpc) is 3.13. The number of benzene rings is 3. The molecule has 3 aromatic rings. The van der Waals surface area contributed by atoms with Crippen molar-refractivity contribution < 1.29 is 9.53 Å². The van der Waals surface area contributed by atoms with Gasteiger partial charge in [-0.1, -0.05) is 42.5 Å². The van der Waals surface area contributed by atoms with E-state index in [0.29, 0.717) is 6.42 Å². The molecule has 2 aliphatic heterocycles. The fourth-order valence-electron chi connectivity index (χ4n) is 4.29. The number of carbonyl (C=O) groups excluding carboxylic acids is 1. The van der Waals surface area contributed by atoms with E-state index in [1.807, 2.05) is 72.8 Å². The van der Waals surface area contributed by atoms with E-state index in [1.165, 1.54) is 0 Å². The number of ether oxygens (including phenoxy) is 1. The topological polar surface area (TPSA) is 57.2 Å². The highest BCUT2D eigenvalue weighted by atomic mass is 16.5. The van der Waals surface area contributed by atoms with Crippen molar-refractivity contribution in [3.05, 3.63) is 83.9 Å². The molecule has 6 heteroatoms. The minimum atomic E-state index is -0.0473. The monoisotopic (exact) mass is 440 g/mol. The van der Waals surface area contributed by atoms with Crippen LogP contribution in [0.15, 0.2) is 77.8 Å². The van der Waals surface area contributed by atoms with E-state index in [1.54, 1.807) is 0 Å². The largest absolute Gasteiger partial charge is 0.454 e. The summed E-state index contributed by atoms with van der Waals surface area (Å²) in [4.78, 5) is 22.4. The lowest BCUT2D eigenvalue weighted by atomic mass is 10.1. The van der Waals surface area contributed by atoms with Gasteiger partial charge in [-0.15, -0.1) is 0 Å². The summed E-state index contributed by atoms with van der Waals surface area (Å²) in [6.07, 6.45) is 1.40. The lowest BCUT2D eigenvalue weighted by Gasteiger charge is -2.25. The zero-order valence-corrected chi connectivity index (χ0v) is 18.8. The second-order valence-corrected chi connectivity index (χ2v) is 8.57. The first-order valence-corrected chi connectivity index (χ1v) is 11.4. The Hall–Kier alpha value is -3.64. The standard InChI is InChI=1S/C27H28N4O2/c1-30-14-7-15-31(17-16-30)27-22-19-21(28-26(32)18-20-8-3-2-4-9-20)12-13-24(22)33-25-11-6-5-10-23(25)29-27/h2-6,8-13,19H,7,14-18H2,1H3,(H,28,32). The molecule has 1 saturated heterocycles. The van der Waals surface area contributed by atoms with Crippen LogP contribution < -0.4 is 10.1 Å². The zero-order valence-electron chi connectivity index (χ0n) is 18.8. The Kier molecular flexibility index (Phi) is 6.09. The molecule has 0 radical (unpaired) electrons. The van der Waals surface area contributed by atoms with Crippen LogP contribution in [0.1, 0.15) is 17.5 Å². The van der Waals surface area contributed by atoms with E-state index in [9.17, 15) is 4.79 Å². The van der Waals surface area contributed by atoms with Gasteiger partial charge in [0.05, 0.1) is 12.0 Å². The second-order valence-electron chi connectivity index (χ2n) is 8.57. The van der Waals surface area contributed by atoms with Crippen molar-refractivity contribution in [2.45, 2.75) is 12.8 Å². The van der Waals surface area contributed by atoms with Crippen molar-refractivity contribution in [3.8, 4) is 11.5 Å². The molecule has 1 fully saturated rings. The van der Waals surface area contributed by atoms with Gasteiger partial charge in [-0.3, -0.25) is 4.79 Å². The number of amides is 1. The fraction of sp³-hybridized carbons (Fsp3) is 0.259. The van der Waals surface area contributed by atoms with Crippen molar-refractivity contribution in [3.63, 3.8) is 0 Å². The summed E-state index contributed by atoms with van der Waals surface area (Å²) < 4.78 is 6.27. The summed E-state index contributed by atoms with van der Waals surface area (Å²) in [6, 6.07) is 23.4. The number of amidine groups is 1. The maximum Gasteiger partial charge on any atom is 0.228 e. The first-order chi connectivity index (χ1) is 16.2. The molecule has 33 heavy (non-hydrogen) atoms. The van der Waals surface area contributed by atoms with Gasteiger partial charge in [-0.25, -0.2) is 4.99 Å². The van der Waals surface area contributed by atoms with Crippen molar-refractivity contribution in [1.29, 1.82) is 0 Å². The number of hydrogen-bond acceptors (Lipinski definition) is 5. The van der Waals surface area contributed by atoms with Crippen LogP contribution in [0, 0.1) is 0 Å². The Bertz CT molecular complexity index is 1180. The molecule has 3 aromatic carbocycles. The number of anilines is 1. The molecule has 1 N–H and O–H groups in total. The predicted octanol–water partition coefficient (Wildman–Crippen LogP) is 4.69. The van der Waals surface area contributed by atoms with Crippen LogP contribution >= 0.6 is 0 Å². The summed E-state index contributed by atoms with van der Waals surface area (Å²) in [7, 11) is 2.16. The number of rotatable bonds is 3. The third kappa shape index (κ3) is 4.91. The summed E-state index contributed by atoms with van der Waals surface area (Å²) in [6.45, 7) is 3.86. The van der Waals surface area contributed by atoms with Gasteiger partial charge in [0.15, 0.2) is 5.75 Å². The Morgan fingerprint density at radius 3 is 2.64 bits per heavy atom. The number of fused-ring (bicyclic) bond motifs is 2. The summed E-state index contributed by atoms with van der Waals surface area (Å²) in [5.41, 5.74) is 3.44. The number of para-hydroxylation sites is 2. The van der Waals surface area contributed by atoms with E-state index < -0.39 is 0 Å². The van der Waals surface area contributed by atoms with Crippen LogP contribution in [-0.4, -0.2) is 54.8 Å². The molecule has 0 bridgehead atoms. The van der Waals surface area contributed by atoms with Gasteiger partial charge in [-0.2, -0.15) is 0 Å². The Morgan fingerprint density at radius 1 is 0.939 bits per heavy atom. The second kappa shape index (κ2) is 9.46. The van der Waals surface area contributed by atoms with Crippen molar-refractivity contribution >= 4 is 23.1 Å². The molecule has 6 nitrogen and oxygen atoms in total. The summed E-state index contributed by atoms with van der Waals surface area (Å²) in [5.74, 6) is 2.33. The molecule has 0 atom stereocenters. The van der Waals surface area contributed by atoms with Gasteiger partial charge >= 0.3 is 0 Å². The van der Waals surface area contributed by atoms with Gasteiger partial charge in [0.2, 0.25) is 5.91 Å². The lowest BCUT2D eigenvalue weighted by molar-refractivity contribution is -0.115. The smallest absolute Gasteiger partial charge is 0.228 e. The van der Waals surface area contributed by atoms with Gasteiger partial charge in [0.1, 0.15) is 17.3 Å². The normalized spacial score (nSPS) is 15.9. The third-order valence-corrected chi connectivity index (χ3v) is 6.04. The number of nitrogens with zero attached hydrogens (tertiary/aromatic N) is 3. The average molecular weight is 441 g/mol. The van der Waals surface area contributed by atoms with Gasteiger partial charge in [0.25, 0.3) is 0 Å². The summed E-state index contributed by atoms with van der Waals surface area (Å²) >= 11 is 0. The number of likely N-dealkylation sites (N-methyl/N-ethyl adjacent to an activating group) is 1. The van der Waals surface area contributed by atoms with Crippen LogP contribution in [0.4, 0.5) is 11.4 Å². The molecule has 2 heterocycles. The minimum absolute atomic E-state index is 0.0473. The Labute approximate surface area is 194 Å². The minimum Gasteiger partial charge on any atom is -0.454 e. The number of aliphatic imine (C=N–C) groups is 1. The van der Waals surface area contributed by atoms with E-state index in [2.05, 4.69) is 22.2 Å². The zero-order chi connectivity index (χ0) is 22.6. The van der Waals surface area contributed by atoms with Crippen molar-refractivity contribution in [2.24, 2.45) is 4.99 Å². The molecule has 0 unspecified atom stereocenters. The first kappa shape index (κ1) is 21.2. The molecule has 1 amide bonds. The molecule has 168 valence electrons. The van der Waals surface area contributed by atoms with E-state index in [-0.39, 0.29) is 5.91 Å². The Balaban J connectivity index is 1.47. The SMILES string of the molecule is CN1CCCN(C2=Nc3ccccc3Oc3ccc(NC(=O)Cc4ccccc4)cc32)CC1. The van der Waals surface area contributed by atoms with Gasteiger partial charge in [0, 0.05) is 25.3 Å². The molecule has 0 aromatic heterocycles. The predicted molar refractivity (Wildman–Crippen MR) is 132 cm³/mol. The molecule has 5 rings (SSSR count). The molecule has 0 spiro atoms. The van der Waals surface area contributed by atoms with Gasteiger partial charge < -0.3 is 19.9 Å². The number of nitrogens with one attached hydrogen (secondary N) is 1. The molecule has 2 aliphatic rings. The molecule has 0 aliphatic carbocycles. The lowest BCUT2D eigenvalue weighted by Crippen LogP contribution is -2.35. The Morgan fingerprint density at radius 2 is 1.76 bits per heavy atom. The first-order valence-electron chi connectivity index (χ1n) is 11.4.